The van der Waals surface area contributed by atoms with E-state index in [9.17, 15) is 0 Å². The van der Waals surface area contributed by atoms with Crippen LogP contribution in [0.3, 0.4) is 0 Å². The monoisotopic (exact) mass is 250 g/mol. The van der Waals surface area contributed by atoms with Crippen molar-refractivity contribution in [2.24, 2.45) is 0 Å². The van der Waals surface area contributed by atoms with Crippen molar-refractivity contribution in [3.05, 3.63) is 78.6 Å². The zero-order valence-corrected chi connectivity index (χ0v) is 10.4. The van der Waals surface area contributed by atoms with Crippen LogP contribution in [-0.4, -0.2) is 9.78 Å². The third kappa shape index (κ3) is 2.83. The van der Waals surface area contributed by atoms with Gasteiger partial charge < -0.3 is 4.74 Å². The molecule has 0 radical (unpaired) electrons. The van der Waals surface area contributed by atoms with E-state index in [2.05, 4.69) is 17.2 Å². The number of nitrogens with zero attached hydrogens (tertiary/aromatic N) is 2. The number of benzene rings is 2. The minimum Gasteiger partial charge on any atom is -0.489 e. The van der Waals surface area contributed by atoms with E-state index in [1.54, 1.807) is 6.20 Å². The van der Waals surface area contributed by atoms with Crippen molar-refractivity contribution in [2.75, 3.05) is 0 Å². The van der Waals surface area contributed by atoms with Crippen molar-refractivity contribution in [3.8, 4) is 11.4 Å². The first kappa shape index (κ1) is 11.5. The molecule has 0 N–H and O–H groups in total. The van der Waals surface area contributed by atoms with Gasteiger partial charge in [-0.3, -0.25) is 0 Å². The Labute approximate surface area is 112 Å². The van der Waals surface area contributed by atoms with Crippen molar-refractivity contribution in [3.63, 3.8) is 0 Å². The van der Waals surface area contributed by atoms with Crippen LogP contribution in [0.4, 0.5) is 0 Å². The average molecular weight is 250 g/mol. The lowest BCUT2D eigenvalue weighted by Crippen LogP contribution is -1.97. The summed E-state index contributed by atoms with van der Waals surface area (Å²) in [4.78, 5) is 0. The number of hydrogen-bond acceptors (Lipinski definition) is 2. The van der Waals surface area contributed by atoms with Crippen LogP contribution in [0.15, 0.2) is 73.1 Å². The highest BCUT2D eigenvalue weighted by atomic mass is 16.5. The number of aromatic nitrogens is 2. The molecule has 0 atom stereocenters. The summed E-state index contributed by atoms with van der Waals surface area (Å²) in [5.74, 6) is 0.844. The van der Waals surface area contributed by atoms with Crippen molar-refractivity contribution in [1.29, 1.82) is 0 Å². The SMILES string of the molecule is c1ccc(COc2cccc(-n3cccn3)c2)cc1. The van der Waals surface area contributed by atoms with Gasteiger partial charge in [-0.15, -0.1) is 0 Å². The maximum Gasteiger partial charge on any atom is 0.121 e. The Morgan fingerprint density at radius 2 is 1.84 bits per heavy atom. The molecule has 0 fully saturated rings. The zero-order valence-electron chi connectivity index (χ0n) is 10.4. The first-order valence-electron chi connectivity index (χ1n) is 6.19. The van der Waals surface area contributed by atoms with Crippen LogP contribution in [-0.2, 0) is 6.61 Å². The van der Waals surface area contributed by atoms with Crippen LogP contribution in [0, 0.1) is 0 Å². The van der Waals surface area contributed by atoms with Crippen LogP contribution < -0.4 is 4.74 Å². The molecule has 0 aliphatic rings. The van der Waals surface area contributed by atoms with E-state index in [1.807, 2.05) is 59.4 Å². The maximum absolute atomic E-state index is 5.79. The second-order valence-electron chi connectivity index (χ2n) is 4.22. The normalized spacial score (nSPS) is 10.3. The quantitative estimate of drug-likeness (QED) is 0.709. The molecule has 0 aliphatic heterocycles. The van der Waals surface area contributed by atoms with Crippen molar-refractivity contribution in [1.82, 2.24) is 9.78 Å². The Morgan fingerprint density at radius 3 is 2.63 bits per heavy atom. The second kappa shape index (κ2) is 5.40. The smallest absolute Gasteiger partial charge is 0.121 e. The maximum atomic E-state index is 5.79. The molecule has 0 unspecified atom stereocenters. The Bertz CT molecular complexity index is 633. The molecule has 3 nitrogen and oxygen atoms in total. The first-order chi connectivity index (χ1) is 9.42. The van der Waals surface area contributed by atoms with Gasteiger partial charge in [0.05, 0.1) is 5.69 Å². The van der Waals surface area contributed by atoms with Gasteiger partial charge in [-0.05, 0) is 23.8 Å². The molecule has 0 saturated heterocycles. The van der Waals surface area contributed by atoms with Gasteiger partial charge in [0.25, 0.3) is 0 Å². The molecule has 0 aliphatic carbocycles. The van der Waals surface area contributed by atoms with E-state index in [4.69, 9.17) is 4.74 Å². The number of rotatable bonds is 4. The topological polar surface area (TPSA) is 27.1 Å². The van der Waals surface area contributed by atoms with Crippen LogP contribution in [0.1, 0.15) is 5.56 Å². The van der Waals surface area contributed by atoms with Crippen molar-refractivity contribution < 1.29 is 4.74 Å². The lowest BCUT2D eigenvalue weighted by atomic mass is 10.2. The fraction of sp³-hybridized carbons (Fsp3) is 0.0625. The van der Waals surface area contributed by atoms with Crippen molar-refractivity contribution in [2.45, 2.75) is 6.61 Å². The highest BCUT2D eigenvalue weighted by molar-refractivity contribution is 5.38. The lowest BCUT2D eigenvalue weighted by molar-refractivity contribution is 0.306. The van der Waals surface area contributed by atoms with E-state index in [0.29, 0.717) is 6.61 Å². The number of hydrogen-bond donors (Lipinski definition) is 0. The fourth-order valence-electron chi connectivity index (χ4n) is 1.88. The standard InChI is InChI=1S/C16H14N2O/c1-2-6-14(7-3-1)13-19-16-9-4-8-15(12-16)18-11-5-10-17-18/h1-12H,13H2. The molecule has 3 rings (SSSR count). The predicted molar refractivity (Wildman–Crippen MR) is 74.3 cm³/mol. The van der Waals surface area contributed by atoms with Crippen LogP contribution in [0.25, 0.3) is 5.69 Å². The number of ether oxygens (including phenoxy) is 1. The third-order valence-corrected chi connectivity index (χ3v) is 2.83. The summed E-state index contributed by atoms with van der Waals surface area (Å²) in [6, 6.07) is 19.9. The summed E-state index contributed by atoms with van der Waals surface area (Å²) in [5, 5.41) is 4.21. The Hall–Kier alpha value is -2.55. The molecule has 3 heteroatoms. The van der Waals surface area contributed by atoms with Gasteiger partial charge in [-0.2, -0.15) is 5.10 Å². The van der Waals surface area contributed by atoms with Gasteiger partial charge in [0.2, 0.25) is 0 Å². The van der Waals surface area contributed by atoms with E-state index in [-0.39, 0.29) is 0 Å². The molecule has 1 heterocycles. The molecule has 3 aromatic rings. The third-order valence-electron chi connectivity index (χ3n) is 2.83. The molecule has 1 aromatic heterocycles. The molecule has 0 amide bonds. The van der Waals surface area contributed by atoms with Gasteiger partial charge in [0.15, 0.2) is 0 Å². The van der Waals surface area contributed by atoms with Gasteiger partial charge >= 0.3 is 0 Å². The van der Waals surface area contributed by atoms with Crippen molar-refractivity contribution >= 4 is 0 Å². The zero-order chi connectivity index (χ0) is 12.9. The van der Waals surface area contributed by atoms with Crippen LogP contribution in [0.5, 0.6) is 5.75 Å². The Kier molecular flexibility index (Phi) is 3.28. The molecule has 0 saturated carbocycles. The van der Waals surface area contributed by atoms with Crippen LogP contribution in [0.2, 0.25) is 0 Å². The molecular formula is C16H14N2O. The molecule has 2 aromatic carbocycles. The first-order valence-corrected chi connectivity index (χ1v) is 6.19. The fourth-order valence-corrected chi connectivity index (χ4v) is 1.88. The summed E-state index contributed by atoms with van der Waals surface area (Å²) in [6.07, 6.45) is 3.67. The van der Waals surface area contributed by atoms with Gasteiger partial charge in [0, 0.05) is 18.5 Å². The summed E-state index contributed by atoms with van der Waals surface area (Å²) in [6.45, 7) is 0.573. The van der Waals surface area contributed by atoms with E-state index < -0.39 is 0 Å². The van der Waals surface area contributed by atoms with Gasteiger partial charge in [-0.1, -0.05) is 36.4 Å². The molecule has 19 heavy (non-hydrogen) atoms. The molecule has 0 spiro atoms. The highest BCUT2D eigenvalue weighted by Crippen LogP contribution is 2.17. The summed E-state index contributed by atoms with van der Waals surface area (Å²) < 4.78 is 7.60. The highest BCUT2D eigenvalue weighted by Gasteiger charge is 1.99. The summed E-state index contributed by atoms with van der Waals surface area (Å²) in [7, 11) is 0. The van der Waals surface area contributed by atoms with E-state index in [1.165, 1.54) is 0 Å². The molecule has 94 valence electrons. The minimum atomic E-state index is 0.573. The summed E-state index contributed by atoms with van der Waals surface area (Å²) in [5.41, 5.74) is 2.16. The average Bonchev–Trinajstić information content (AvgIpc) is 3.01. The molecule has 0 bridgehead atoms. The summed E-state index contributed by atoms with van der Waals surface area (Å²) >= 11 is 0. The minimum absolute atomic E-state index is 0.573. The second-order valence-corrected chi connectivity index (χ2v) is 4.22. The van der Waals surface area contributed by atoms with Gasteiger partial charge in [0.1, 0.15) is 12.4 Å². The van der Waals surface area contributed by atoms with E-state index in [0.717, 1.165) is 17.0 Å². The largest absolute Gasteiger partial charge is 0.489 e. The lowest BCUT2D eigenvalue weighted by Gasteiger charge is -2.08. The van der Waals surface area contributed by atoms with Crippen LogP contribution >= 0.6 is 0 Å². The Morgan fingerprint density at radius 1 is 0.947 bits per heavy atom. The molecular weight excluding hydrogens is 236 g/mol. The predicted octanol–water partition coefficient (Wildman–Crippen LogP) is 3.45. The van der Waals surface area contributed by atoms with E-state index >= 15 is 0 Å². The van der Waals surface area contributed by atoms with Gasteiger partial charge in [-0.25, -0.2) is 4.68 Å². The Balaban J connectivity index is 1.74.